The second-order valence-electron chi connectivity index (χ2n) is 4.12. The number of ether oxygens (including phenoxy) is 1. The summed E-state index contributed by atoms with van der Waals surface area (Å²) in [6, 6.07) is 0. The molecule has 1 heterocycles. The maximum Gasteiger partial charge on any atom is 0.0465 e. The average molecular weight is 157 g/mol. The minimum Gasteiger partial charge on any atom is -0.385 e. The molecule has 0 radical (unpaired) electrons. The Bertz CT molecular complexity index is 123. The SMILES string of the molecule is COCCC1CNC(C)(C)C1. The minimum absolute atomic E-state index is 0.360. The van der Waals surface area contributed by atoms with Gasteiger partial charge in [-0.15, -0.1) is 0 Å². The number of hydrogen-bond acceptors (Lipinski definition) is 2. The van der Waals surface area contributed by atoms with Crippen LogP contribution in [0.25, 0.3) is 0 Å². The zero-order valence-electron chi connectivity index (χ0n) is 7.81. The first-order valence-corrected chi connectivity index (χ1v) is 4.38. The lowest BCUT2D eigenvalue weighted by Crippen LogP contribution is -2.31. The predicted octanol–water partition coefficient (Wildman–Crippen LogP) is 1.41. The van der Waals surface area contributed by atoms with Crippen LogP contribution in [0.3, 0.4) is 0 Å². The molecule has 1 rings (SSSR count). The van der Waals surface area contributed by atoms with Crippen LogP contribution in [-0.4, -0.2) is 25.8 Å². The van der Waals surface area contributed by atoms with Crippen LogP contribution in [0.1, 0.15) is 26.7 Å². The van der Waals surface area contributed by atoms with Gasteiger partial charge < -0.3 is 10.1 Å². The van der Waals surface area contributed by atoms with Crippen molar-refractivity contribution in [3.8, 4) is 0 Å². The first-order chi connectivity index (χ1) is 5.14. The van der Waals surface area contributed by atoms with E-state index in [0.717, 1.165) is 19.1 Å². The third-order valence-corrected chi connectivity index (χ3v) is 2.40. The molecule has 0 aromatic heterocycles. The molecule has 0 amide bonds. The van der Waals surface area contributed by atoms with Gasteiger partial charge in [0.1, 0.15) is 0 Å². The van der Waals surface area contributed by atoms with E-state index >= 15 is 0 Å². The Hall–Kier alpha value is -0.0800. The standard InChI is InChI=1S/C9H19NO/c1-9(2)6-8(7-10-9)4-5-11-3/h8,10H,4-7H2,1-3H3. The molecule has 2 nitrogen and oxygen atoms in total. The molecule has 0 aromatic rings. The van der Waals surface area contributed by atoms with E-state index in [2.05, 4.69) is 19.2 Å². The summed E-state index contributed by atoms with van der Waals surface area (Å²) in [6.45, 7) is 6.60. The molecule has 0 saturated carbocycles. The van der Waals surface area contributed by atoms with Gasteiger partial charge in [0.2, 0.25) is 0 Å². The van der Waals surface area contributed by atoms with Gasteiger partial charge in [-0.3, -0.25) is 0 Å². The molecule has 0 aromatic carbocycles. The fourth-order valence-electron chi connectivity index (χ4n) is 1.78. The Morgan fingerprint density at radius 3 is 2.73 bits per heavy atom. The molecule has 0 spiro atoms. The lowest BCUT2D eigenvalue weighted by molar-refractivity contribution is 0.179. The molecule has 1 aliphatic heterocycles. The average Bonchev–Trinajstić information content (AvgIpc) is 2.26. The summed E-state index contributed by atoms with van der Waals surface area (Å²) in [5.74, 6) is 0.824. The van der Waals surface area contributed by atoms with E-state index in [4.69, 9.17) is 4.74 Å². The second-order valence-corrected chi connectivity index (χ2v) is 4.12. The molecule has 66 valence electrons. The zero-order chi connectivity index (χ0) is 8.32. The van der Waals surface area contributed by atoms with Crippen LogP contribution in [0, 0.1) is 5.92 Å². The summed E-state index contributed by atoms with van der Waals surface area (Å²) in [5, 5.41) is 3.50. The highest BCUT2D eigenvalue weighted by atomic mass is 16.5. The van der Waals surface area contributed by atoms with Gasteiger partial charge in [-0.05, 0) is 39.2 Å². The summed E-state index contributed by atoms with van der Waals surface area (Å²) in [5.41, 5.74) is 0.360. The second kappa shape index (κ2) is 3.55. The van der Waals surface area contributed by atoms with Crippen LogP contribution < -0.4 is 5.32 Å². The normalized spacial score (nSPS) is 29.2. The van der Waals surface area contributed by atoms with Crippen molar-refractivity contribution in [3.05, 3.63) is 0 Å². The molecule has 2 heteroatoms. The highest BCUT2D eigenvalue weighted by Crippen LogP contribution is 2.25. The van der Waals surface area contributed by atoms with Crippen LogP contribution >= 0.6 is 0 Å². The molecule has 1 unspecified atom stereocenters. The summed E-state index contributed by atoms with van der Waals surface area (Å²) in [7, 11) is 1.77. The lowest BCUT2D eigenvalue weighted by atomic mass is 9.95. The summed E-state index contributed by atoms with van der Waals surface area (Å²) in [4.78, 5) is 0. The van der Waals surface area contributed by atoms with Gasteiger partial charge in [-0.1, -0.05) is 0 Å². The van der Waals surface area contributed by atoms with Gasteiger partial charge in [-0.25, -0.2) is 0 Å². The van der Waals surface area contributed by atoms with E-state index < -0.39 is 0 Å². The Morgan fingerprint density at radius 2 is 2.27 bits per heavy atom. The quantitative estimate of drug-likeness (QED) is 0.669. The number of nitrogens with one attached hydrogen (secondary N) is 1. The number of methoxy groups -OCH3 is 1. The van der Waals surface area contributed by atoms with E-state index in [9.17, 15) is 0 Å². The van der Waals surface area contributed by atoms with Gasteiger partial charge in [0.15, 0.2) is 0 Å². The van der Waals surface area contributed by atoms with E-state index in [-0.39, 0.29) is 0 Å². The third-order valence-electron chi connectivity index (χ3n) is 2.40. The van der Waals surface area contributed by atoms with Crippen molar-refractivity contribution in [3.63, 3.8) is 0 Å². The first kappa shape index (κ1) is 9.01. The zero-order valence-corrected chi connectivity index (χ0v) is 7.81. The van der Waals surface area contributed by atoms with E-state index in [1.165, 1.54) is 12.8 Å². The molecule has 0 aliphatic carbocycles. The Kier molecular flexibility index (Phi) is 2.90. The molecule has 0 bridgehead atoms. The van der Waals surface area contributed by atoms with Gasteiger partial charge >= 0.3 is 0 Å². The smallest absolute Gasteiger partial charge is 0.0465 e. The maximum absolute atomic E-state index is 5.04. The molecule has 11 heavy (non-hydrogen) atoms. The van der Waals surface area contributed by atoms with Gasteiger partial charge in [0.25, 0.3) is 0 Å². The molecular formula is C9H19NO. The van der Waals surface area contributed by atoms with Crippen molar-refractivity contribution in [2.75, 3.05) is 20.3 Å². The third kappa shape index (κ3) is 2.80. The first-order valence-electron chi connectivity index (χ1n) is 4.38. The van der Waals surface area contributed by atoms with Crippen LogP contribution in [0.2, 0.25) is 0 Å². The van der Waals surface area contributed by atoms with Gasteiger partial charge in [0, 0.05) is 19.3 Å². The van der Waals surface area contributed by atoms with E-state index in [1.54, 1.807) is 7.11 Å². The van der Waals surface area contributed by atoms with Gasteiger partial charge in [0.05, 0.1) is 0 Å². The maximum atomic E-state index is 5.04. The fraction of sp³-hybridized carbons (Fsp3) is 1.00. The minimum atomic E-state index is 0.360. The highest BCUT2D eigenvalue weighted by Gasteiger charge is 2.29. The number of hydrogen-bond donors (Lipinski definition) is 1. The highest BCUT2D eigenvalue weighted by molar-refractivity contribution is 4.88. The van der Waals surface area contributed by atoms with Crippen molar-refractivity contribution in [2.45, 2.75) is 32.2 Å². The monoisotopic (exact) mass is 157 g/mol. The predicted molar refractivity (Wildman–Crippen MR) is 46.7 cm³/mol. The van der Waals surface area contributed by atoms with Crippen LogP contribution in [-0.2, 0) is 4.74 Å². The molecular weight excluding hydrogens is 138 g/mol. The fourth-order valence-corrected chi connectivity index (χ4v) is 1.78. The van der Waals surface area contributed by atoms with Crippen molar-refractivity contribution in [1.29, 1.82) is 0 Å². The van der Waals surface area contributed by atoms with Crippen molar-refractivity contribution in [1.82, 2.24) is 5.32 Å². The van der Waals surface area contributed by atoms with Crippen LogP contribution in [0.15, 0.2) is 0 Å². The van der Waals surface area contributed by atoms with Crippen molar-refractivity contribution >= 4 is 0 Å². The molecule has 1 aliphatic rings. The van der Waals surface area contributed by atoms with E-state index in [0.29, 0.717) is 5.54 Å². The van der Waals surface area contributed by atoms with Gasteiger partial charge in [-0.2, -0.15) is 0 Å². The molecule has 1 saturated heterocycles. The van der Waals surface area contributed by atoms with E-state index in [1.807, 2.05) is 0 Å². The van der Waals surface area contributed by atoms with Crippen LogP contribution in [0.5, 0.6) is 0 Å². The summed E-state index contributed by atoms with van der Waals surface area (Å²) >= 11 is 0. The number of rotatable bonds is 3. The van der Waals surface area contributed by atoms with Crippen molar-refractivity contribution in [2.24, 2.45) is 5.92 Å². The Morgan fingerprint density at radius 1 is 1.55 bits per heavy atom. The van der Waals surface area contributed by atoms with Crippen molar-refractivity contribution < 1.29 is 4.74 Å². The Labute approximate surface area is 69.3 Å². The summed E-state index contributed by atoms with van der Waals surface area (Å²) in [6.07, 6.45) is 2.49. The molecule has 1 atom stereocenters. The molecule has 1 fully saturated rings. The topological polar surface area (TPSA) is 21.3 Å². The van der Waals surface area contributed by atoms with Crippen LogP contribution in [0.4, 0.5) is 0 Å². The molecule has 1 N–H and O–H groups in total. The largest absolute Gasteiger partial charge is 0.385 e. The Balaban J connectivity index is 2.20. The summed E-state index contributed by atoms with van der Waals surface area (Å²) < 4.78 is 5.04. The lowest BCUT2D eigenvalue weighted by Gasteiger charge is -2.17.